The van der Waals surface area contributed by atoms with E-state index in [4.69, 9.17) is 9.97 Å². The summed E-state index contributed by atoms with van der Waals surface area (Å²) in [4.78, 5) is 10.1. The molecule has 5 heteroatoms. The Kier molecular flexibility index (Phi) is 4.82. The first-order valence-corrected chi connectivity index (χ1v) is 13.2. The van der Waals surface area contributed by atoms with E-state index in [2.05, 4.69) is 100 Å². The van der Waals surface area contributed by atoms with Crippen LogP contribution in [0.15, 0.2) is 128 Å². The Bertz CT molecular complexity index is 2060. The fourth-order valence-corrected chi connectivity index (χ4v) is 5.92. The molecule has 8 aromatic rings. The van der Waals surface area contributed by atoms with Crippen molar-refractivity contribution in [3.63, 3.8) is 0 Å². The third-order valence-electron chi connectivity index (χ3n) is 7.63. The second-order valence-corrected chi connectivity index (χ2v) is 9.83. The van der Waals surface area contributed by atoms with Gasteiger partial charge in [-0.25, -0.2) is 9.97 Å². The van der Waals surface area contributed by atoms with E-state index >= 15 is 0 Å². The van der Waals surface area contributed by atoms with Gasteiger partial charge in [0.2, 0.25) is 0 Å². The molecule has 40 heavy (non-hydrogen) atoms. The average molecular weight is 512 g/mol. The van der Waals surface area contributed by atoms with Crippen LogP contribution in [0.1, 0.15) is 5.56 Å². The summed E-state index contributed by atoms with van der Waals surface area (Å²) in [5.74, 6) is 1.52. The maximum absolute atomic E-state index is 9.97. The molecular weight excluding hydrogens is 490 g/mol. The second-order valence-electron chi connectivity index (χ2n) is 9.83. The van der Waals surface area contributed by atoms with Gasteiger partial charge in [-0.3, -0.25) is 9.13 Å². The highest BCUT2D eigenvalue weighted by Gasteiger charge is 2.19. The topological polar surface area (TPSA) is 59.4 Å². The lowest BCUT2D eigenvalue weighted by molar-refractivity contribution is 1.00. The molecule has 0 saturated carbocycles. The Hall–Kier alpha value is -5.73. The first-order valence-electron chi connectivity index (χ1n) is 13.2. The summed E-state index contributed by atoms with van der Waals surface area (Å²) >= 11 is 0. The molecule has 8 rings (SSSR count). The zero-order valence-electron chi connectivity index (χ0n) is 21.4. The van der Waals surface area contributed by atoms with Crippen LogP contribution in [0.4, 0.5) is 0 Å². The fraction of sp³-hybridized carbons (Fsp3) is 0. The Labute approximate surface area is 229 Å². The van der Waals surface area contributed by atoms with Crippen molar-refractivity contribution in [1.82, 2.24) is 19.1 Å². The van der Waals surface area contributed by atoms with E-state index in [1.165, 1.54) is 10.8 Å². The van der Waals surface area contributed by atoms with Crippen molar-refractivity contribution in [2.24, 2.45) is 0 Å². The Morgan fingerprint density at radius 2 is 1.07 bits per heavy atom. The largest absolute Gasteiger partial charge is 0.294 e. The second kappa shape index (κ2) is 8.65. The van der Waals surface area contributed by atoms with E-state index in [1.807, 2.05) is 42.6 Å². The summed E-state index contributed by atoms with van der Waals surface area (Å²) < 4.78 is 4.34. The highest BCUT2D eigenvalue weighted by Crippen LogP contribution is 2.36. The normalized spacial score (nSPS) is 11.5. The van der Waals surface area contributed by atoms with E-state index < -0.39 is 0 Å². The molecular formula is C35H21N5. The molecule has 4 heterocycles. The summed E-state index contributed by atoms with van der Waals surface area (Å²) in [6, 6.07) is 43.5. The first-order chi connectivity index (χ1) is 19.8. The van der Waals surface area contributed by atoms with Crippen LogP contribution in [0.2, 0.25) is 0 Å². The van der Waals surface area contributed by atoms with Gasteiger partial charge in [0.1, 0.15) is 17.3 Å². The van der Waals surface area contributed by atoms with Crippen molar-refractivity contribution in [3.05, 3.63) is 133 Å². The third-order valence-corrected chi connectivity index (χ3v) is 7.63. The maximum atomic E-state index is 9.97. The molecule has 0 spiro atoms. The number of nitriles is 1. The molecule has 5 nitrogen and oxygen atoms in total. The lowest BCUT2D eigenvalue weighted by atomic mass is 10.0. The standard InChI is InChI=1S/C35H21N5/c36-22-23-10-1-2-11-25(23)24-20-33(39-30-16-6-3-12-26(30)27-13-4-7-17-31(27)39)38-34(21-24)40-32-18-8-5-14-28(32)29-15-9-19-37-35(29)40/h1-21H. The van der Waals surface area contributed by atoms with Crippen molar-refractivity contribution in [1.29, 1.82) is 5.26 Å². The molecule has 4 aromatic carbocycles. The minimum Gasteiger partial charge on any atom is -0.294 e. The van der Waals surface area contributed by atoms with Gasteiger partial charge in [-0.2, -0.15) is 5.26 Å². The molecule has 0 aliphatic carbocycles. The van der Waals surface area contributed by atoms with E-state index in [-0.39, 0.29) is 0 Å². The molecule has 0 bridgehead atoms. The van der Waals surface area contributed by atoms with Crippen molar-refractivity contribution in [2.75, 3.05) is 0 Å². The van der Waals surface area contributed by atoms with Crippen LogP contribution in [-0.4, -0.2) is 19.1 Å². The zero-order chi connectivity index (χ0) is 26.6. The van der Waals surface area contributed by atoms with Crippen LogP contribution in [-0.2, 0) is 0 Å². The van der Waals surface area contributed by atoms with Crippen molar-refractivity contribution >= 4 is 43.7 Å². The minimum absolute atomic E-state index is 0.619. The summed E-state index contributed by atoms with van der Waals surface area (Å²) in [6.45, 7) is 0. The van der Waals surface area contributed by atoms with E-state index in [0.717, 1.165) is 55.7 Å². The predicted octanol–water partition coefficient (Wildman–Crippen LogP) is 8.21. The SMILES string of the molecule is N#Cc1ccccc1-c1cc(-n2c3ccccc3c3ccccc32)nc(-n2c3ccccc3c3cccnc32)c1. The highest BCUT2D eigenvalue weighted by molar-refractivity contribution is 6.09. The molecule has 4 aromatic heterocycles. The van der Waals surface area contributed by atoms with Gasteiger partial charge in [-0.15, -0.1) is 0 Å². The molecule has 0 fully saturated rings. The summed E-state index contributed by atoms with van der Waals surface area (Å²) in [5, 5.41) is 14.5. The Balaban J connectivity index is 1.52. The number of fused-ring (bicyclic) bond motifs is 6. The van der Waals surface area contributed by atoms with Crippen molar-refractivity contribution in [2.45, 2.75) is 0 Å². The van der Waals surface area contributed by atoms with Gasteiger partial charge >= 0.3 is 0 Å². The monoisotopic (exact) mass is 511 g/mol. The molecule has 186 valence electrons. The number of benzene rings is 4. The molecule has 0 N–H and O–H groups in total. The quantitative estimate of drug-likeness (QED) is 0.240. The molecule has 0 radical (unpaired) electrons. The van der Waals surface area contributed by atoms with E-state index in [9.17, 15) is 5.26 Å². The summed E-state index contributed by atoms with van der Waals surface area (Å²) in [5.41, 5.74) is 6.43. The van der Waals surface area contributed by atoms with Crippen LogP contribution in [0.3, 0.4) is 0 Å². The lowest BCUT2D eigenvalue weighted by Crippen LogP contribution is -2.05. The van der Waals surface area contributed by atoms with Crippen LogP contribution >= 0.6 is 0 Å². The van der Waals surface area contributed by atoms with Crippen molar-refractivity contribution < 1.29 is 0 Å². The number of hydrogen-bond donors (Lipinski definition) is 0. The third kappa shape index (κ3) is 3.20. The Morgan fingerprint density at radius 1 is 0.550 bits per heavy atom. The number of aromatic nitrogens is 4. The predicted molar refractivity (Wildman–Crippen MR) is 161 cm³/mol. The van der Waals surface area contributed by atoms with Crippen LogP contribution in [0.25, 0.3) is 66.5 Å². The van der Waals surface area contributed by atoms with Crippen LogP contribution < -0.4 is 0 Å². The number of hydrogen-bond acceptors (Lipinski definition) is 3. The van der Waals surface area contributed by atoms with Crippen LogP contribution in [0, 0.1) is 11.3 Å². The molecule has 0 aliphatic rings. The van der Waals surface area contributed by atoms with E-state index in [0.29, 0.717) is 5.56 Å². The molecule has 0 unspecified atom stereocenters. The number of para-hydroxylation sites is 3. The fourth-order valence-electron chi connectivity index (χ4n) is 5.92. The first kappa shape index (κ1) is 22.3. The zero-order valence-corrected chi connectivity index (χ0v) is 21.4. The lowest BCUT2D eigenvalue weighted by Gasteiger charge is -2.14. The molecule has 0 amide bonds. The minimum atomic E-state index is 0.619. The van der Waals surface area contributed by atoms with Gasteiger partial charge in [0.25, 0.3) is 0 Å². The van der Waals surface area contributed by atoms with Gasteiger partial charge < -0.3 is 0 Å². The average Bonchev–Trinajstić information content (AvgIpc) is 3.54. The van der Waals surface area contributed by atoms with Gasteiger partial charge in [0.05, 0.1) is 28.2 Å². The van der Waals surface area contributed by atoms with E-state index in [1.54, 1.807) is 0 Å². The summed E-state index contributed by atoms with van der Waals surface area (Å²) in [7, 11) is 0. The maximum Gasteiger partial charge on any atom is 0.146 e. The van der Waals surface area contributed by atoms with Gasteiger partial charge in [-0.05, 0) is 59.7 Å². The number of rotatable bonds is 3. The van der Waals surface area contributed by atoms with Crippen LogP contribution in [0.5, 0.6) is 0 Å². The Morgan fingerprint density at radius 3 is 1.75 bits per heavy atom. The summed E-state index contributed by atoms with van der Waals surface area (Å²) in [6.07, 6.45) is 1.82. The van der Waals surface area contributed by atoms with Gasteiger partial charge in [0.15, 0.2) is 0 Å². The molecule has 0 aliphatic heterocycles. The van der Waals surface area contributed by atoms with Gasteiger partial charge in [0, 0.05) is 27.7 Å². The molecule has 0 saturated heterocycles. The smallest absolute Gasteiger partial charge is 0.146 e. The number of nitrogens with zero attached hydrogens (tertiary/aromatic N) is 5. The highest BCUT2D eigenvalue weighted by atomic mass is 15.2. The van der Waals surface area contributed by atoms with Gasteiger partial charge in [-0.1, -0.05) is 72.8 Å². The molecule has 0 atom stereocenters. The van der Waals surface area contributed by atoms with Crippen molar-refractivity contribution in [3.8, 4) is 28.8 Å². The number of pyridine rings is 2.